The normalized spacial score (nSPS) is 19.5. The van der Waals surface area contributed by atoms with Crippen molar-refractivity contribution < 1.29 is 13.5 Å². The zero-order valence-electron chi connectivity index (χ0n) is 11.5. The van der Waals surface area contributed by atoms with E-state index in [-0.39, 0.29) is 13.0 Å². The van der Waals surface area contributed by atoms with E-state index in [4.69, 9.17) is 16.3 Å². The summed E-state index contributed by atoms with van der Waals surface area (Å²) in [5.41, 5.74) is 1.82. The highest BCUT2D eigenvalue weighted by molar-refractivity contribution is 6.31. The molecule has 0 spiro atoms. The molecule has 1 atom stereocenters. The van der Waals surface area contributed by atoms with Crippen LogP contribution in [-0.2, 0) is 7.05 Å². The fourth-order valence-corrected chi connectivity index (χ4v) is 2.51. The van der Waals surface area contributed by atoms with Crippen molar-refractivity contribution in [3.05, 3.63) is 35.6 Å². The zero-order valence-corrected chi connectivity index (χ0v) is 12.3. The number of nitrogens with zero attached hydrogens (tertiary/aromatic N) is 2. The Labute approximate surface area is 126 Å². The molecule has 1 unspecified atom stereocenters. The lowest BCUT2D eigenvalue weighted by atomic mass is 10.1. The Balaban J connectivity index is 1.67. The fraction of sp³-hybridized carbons (Fsp3) is 0.400. The molecule has 1 fully saturated rings. The van der Waals surface area contributed by atoms with Crippen molar-refractivity contribution in [3.63, 3.8) is 0 Å². The smallest absolute Gasteiger partial charge is 0.251 e. The molecule has 2 aromatic rings. The number of hydrogen-bond donors (Lipinski definition) is 0. The van der Waals surface area contributed by atoms with Crippen LogP contribution in [0.1, 0.15) is 12.8 Å². The van der Waals surface area contributed by atoms with Crippen LogP contribution < -0.4 is 4.74 Å². The standard InChI is InChI=1S/C15H15ClF2N2O/c1-20-9-11(8-19-20)10-4-13(16)6-14(5-10)21-3-2-12-7-15(12,17)18/h4-6,8-9,12H,2-3,7H2,1H3. The maximum Gasteiger partial charge on any atom is 0.251 e. The largest absolute Gasteiger partial charge is 0.494 e. The van der Waals surface area contributed by atoms with Crippen LogP contribution in [0, 0.1) is 5.92 Å². The summed E-state index contributed by atoms with van der Waals surface area (Å²) in [5, 5.41) is 4.66. The third-order valence-electron chi connectivity index (χ3n) is 3.60. The topological polar surface area (TPSA) is 27.1 Å². The summed E-state index contributed by atoms with van der Waals surface area (Å²) in [5.74, 6) is -2.43. The minimum Gasteiger partial charge on any atom is -0.494 e. The highest BCUT2D eigenvalue weighted by Crippen LogP contribution is 2.50. The van der Waals surface area contributed by atoms with Crippen molar-refractivity contribution >= 4 is 11.6 Å². The van der Waals surface area contributed by atoms with Gasteiger partial charge in [-0.2, -0.15) is 5.10 Å². The first-order valence-electron chi connectivity index (χ1n) is 6.74. The Kier molecular flexibility index (Phi) is 3.61. The van der Waals surface area contributed by atoms with Gasteiger partial charge in [-0.3, -0.25) is 4.68 Å². The predicted molar refractivity (Wildman–Crippen MR) is 76.8 cm³/mol. The van der Waals surface area contributed by atoms with Crippen molar-refractivity contribution in [1.29, 1.82) is 0 Å². The number of halogens is 3. The first-order valence-corrected chi connectivity index (χ1v) is 7.12. The number of benzene rings is 1. The molecule has 6 heteroatoms. The molecular formula is C15H15ClF2N2O. The molecule has 0 bridgehead atoms. The molecule has 0 amide bonds. The van der Waals surface area contributed by atoms with E-state index < -0.39 is 11.8 Å². The van der Waals surface area contributed by atoms with Gasteiger partial charge in [-0.15, -0.1) is 0 Å². The number of hydrogen-bond acceptors (Lipinski definition) is 2. The van der Waals surface area contributed by atoms with Crippen LogP contribution in [0.2, 0.25) is 5.02 Å². The number of aryl methyl sites for hydroxylation is 1. The second kappa shape index (κ2) is 5.30. The molecule has 0 radical (unpaired) electrons. The molecule has 112 valence electrons. The molecule has 3 nitrogen and oxygen atoms in total. The van der Waals surface area contributed by atoms with Crippen molar-refractivity contribution in [3.8, 4) is 16.9 Å². The predicted octanol–water partition coefficient (Wildman–Crippen LogP) is 4.16. The van der Waals surface area contributed by atoms with Gasteiger partial charge < -0.3 is 4.74 Å². The molecule has 3 rings (SSSR count). The first-order chi connectivity index (χ1) is 9.94. The van der Waals surface area contributed by atoms with Crippen LogP contribution in [0.5, 0.6) is 5.75 Å². The zero-order chi connectivity index (χ0) is 15.0. The number of aromatic nitrogens is 2. The van der Waals surface area contributed by atoms with E-state index in [1.165, 1.54) is 0 Å². The number of ether oxygens (including phenoxy) is 1. The minimum absolute atomic E-state index is 0.0210. The van der Waals surface area contributed by atoms with Crippen molar-refractivity contribution in [2.75, 3.05) is 6.61 Å². The Morgan fingerprint density at radius 3 is 2.76 bits per heavy atom. The van der Waals surface area contributed by atoms with E-state index in [1.807, 2.05) is 25.4 Å². The van der Waals surface area contributed by atoms with Gasteiger partial charge in [0.1, 0.15) is 5.75 Å². The molecule has 1 aliphatic rings. The van der Waals surface area contributed by atoms with Gasteiger partial charge in [0.2, 0.25) is 0 Å². The Morgan fingerprint density at radius 2 is 2.14 bits per heavy atom. The third-order valence-corrected chi connectivity index (χ3v) is 3.82. The maximum absolute atomic E-state index is 12.8. The molecule has 1 saturated carbocycles. The van der Waals surface area contributed by atoms with Crippen LogP contribution in [0.3, 0.4) is 0 Å². The van der Waals surface area contributed by atoms with Crippen molar-refractivity contribution in [1.82, 2.24) is 9.78 Å². The van der Waals surface area contributed by atoms with Gasteiger partial charge in [0.15, 0.2) is 0 Å². The average molecular weight is 313 g/mol. The Hall–Kier alpha value is -1.62. The third kappa shape index (κ3) is 3.35. The summed E-state index contributed by atoms with van der Waals surface area (Å²) in [6.45, 7) is 0.271. The Bertz CT molecular complexity index is 657. The Morgan fingerprint density at radius 1 is 1.38 bits per heavy atom. The summed E-state index contributed by atoms with van der Waals surface area (Å²) in [6.07, 6.45) is 3.95. The number of rotatable bonds is 5. The van der Waals surface area contributed by atoms with Gasteiger partial charge in [0, 0.05) is 36.2 Å². The molecule has 0 aliphatic heterocycles. The fourth-order valence-electron chi connectivity index (χ4n) is 2.28. The highest BCUT2D eigenvalue weighted by atomic mass is 35.5. The molecule has 0 N–H and O–H groups in total. The average Bonchev–Trinajstić information content (AvgIpc) is 2.82. The van der Waals surface area contributed by atoms with E-state index >= 15 is 0 Å². The second-order valence-corrected chi connectivity index (χ2v) is 5.81. The second-order valence-electron chi connectivity index (χ2n) is 5.38. The lowest BCUT2D eigenvalue weighted by Gasteiger charge is -2.08. The van der Waals surface area contributed by atoms with Crippen LogP contribution in [0.4, 0.5) is 8.78 Å². The monoisotopic (exact) mass is 312 g/mol. The van der Waals surface area contributed by atoms with E-state index in [2.05, 4.69) is 5.10 Å². The van der Waals surface area contributed by atoms with Crippen molar-refractivity contribution in [2.45, 2.75) is 18.8 Å². The van der Waals surface area contributed by atoms with E-state index in [0.717, 1.165) is 11.1 Å². The summed E-state index contributed by atoms with van der Waals surface area (Å²) in [7, 11) is 1.83. The van der Waals surface area contributed by atoms with Gasteiger partial charge in [-0.25, -0.2) is 8.78 Å². The summed E-state index contributed by atoms with van der Waals surface area (Å²) in [6, 6.07) is 5.35. The van der Waals surface area contributed by atoms with Gasteiger partial charge in [-0.05, 0) is 30.2 Å². The van der Waals surface area contributed by atoms with E-state index in [1.54, 1.807) is 16.9 Å². The van der Waals surface area contributed by atoms with Gasteiger partial charge in [0.05, 0.1) is 12.8 Å². The highest BCUT2D eigenvalue weighted by Gasteiger charge is 2.56. The molecule has 1 aromatic heterocycles. The van der Waals surface area contributed by atoms with E-state index in [9.17, 15) is 8.78 Å². The summed E-state index contributed by atoms with van der Waals surface area (Å²) >= 11 is 6.08. The van der Waals surface area contributed by atoms with Crippen LogP contribution >= 0.6 is 11.6 Å². The quantitative estimate of drug-likeness (QED) is 0.828. The van der Waals surface area contributed by atoms with Gasteiger partial charge in [0.25, 0.3) is 5.92 Å². The first kappa shape index (κ1) is 14.3. The van der Waals surface area contributed by atoms with Crippen LogP contribution in [0.25, 0.3) is 11.1 Å². The molecule has 1 aliphatic carbocycles. The molecule has 0 saturated heterocycles. The van der Waals surface area contributed by atoms with Crippen LogP contribution in [-0.4, -0.2) is 22.3 Å². The van der Waals surface area contributed by atoms with Crippen LogP contribution in [0.15, 0.2) is 30.6 Å². The SMILES string of the molecule is Cn1cc(-c2cc(Cl)cc(OCCC3CC3(F)F)c2)cn1. The molecule has 21 heavy (non-hydrogen) atoms. The molecular weight excluding hydrogens is 298 g/mol. The lowest BCUT2D eigenvalue weighted by Crippen LogP contribution is -2.02. The maximum atomic E-state index is 12.8. The van der Waals surface area contributed by atoms with Gasteiger partial charge >= 0.3 is 0 Å². The summed E-state index contributed by atoms with van der Waals surface area (Å²) in [4.78, 5) is 0. The lowest BCUT2D eigenvalue weighted by molar-refractivity contribution is 0.0930. The molecule has 1 aromatic carbocycles. The van der Waals surface area contributed by atoms with E-state index in [0.29, 0.717) is 17.2 Å². The molecule has 1 heterocycles. The minimum atomic E-state index is -2.49. The van der Waals surface area contributed by atoms with Gasteiger partial charge in [-0.1, -0.05) is 11.6 Å². The summed E-state index contributed by atoms with van der Waals surface area (Å²) < 4.78 is 32.8. The number of alkyl halides is 2. The van der Waals surface area contributed by atoms with Crippen molar-refractivity contribution in [2.24, 2.45) is 13.0 Å².